The molecule has 4 heteroatoms. The Balaban J connectivity index is 1.87. The number of amides is 1. The molecule has 1 amide bonds. The molecule has 2 aromatic rings. The Kier molecular flexibility index (Phi) is 5.53. The van der Waals surface area contributed by atoms with Crippen molar-refractivity contribution in [3.05, 3.63) is 65.5 Å². The smallest absolute Gasteiger partial charge is 0.220 e. The zero-order chi connectivity index (χ0) is 15.9. The maximum absolute atomic E-state index is 13.5. The van der Waals surface area contributed by atoms with E-state index in [2.05, 4.69) is 5.32 Å². The van der Waals surface area contributed by atoms with E-state index in [0.29, 0.717) is 12.0 Å². The number of carbonyl (C=O) groups excluding carboxylic acids is 1. The summed E-state index contributed by atoms with van der Waals surface area (Å²) in [6.07, 6.45) is 0.662. The summed E-state index contributed by atoms with van der Waals surface area (Å²) in [5.41, 5.74) is 1.56. The van der Waals surface area contributed by atoms with E-state index in [-0.39, 0.29) is 24.2 Å². The SMILES string of the molecule is COc1ccc([C@@H](C)NC(=O)CCc2ccccc2F)cc1. The predicted molar refractivity (Wildman–Crippen MR) is 84.3 cm³/mol. The van der Waals surface area contributed by atoms with Gasteiger partial charge in [0.1, 0.15) is 11.6 Å². The molecule has 1 atom stereocenters. The van der Waals surface area contributed by atoms with E-state index >= 15 is 0 Å². The van der Waals surface area contributed by atoms with Crippen molar-refractivity contribution < 1.29 is 13.9 Å². The van der Waals surface area contributed by atoms with Gasteiger partial charge in [0.05, 0.1) is 13.2 Å². The van der Waals surface area contributed by atoms with Crippen LogP contribution in [0, 0.1) is 5.82 Å². The minimum absolute atomic E-state index is 0.0911. The second kappa shape index (κ2) is 7.59. The molecule has 0 aliphatic rings. The van der Waals surface area contributed by atoms with Gasteiger partial charge in [-0.2, -0.15) is 0 Å². The minimum Gasteiger partial charge on any atom is -0.497 e. The summed E-state index contributed by atoms with van der Waals surface area (Å²) in [6, 6.07) is 14.0. The van der Waals surface area contributed by atoms with Crippen molar-refractivity contribution in [3.8, 4) is 5.75 Å². The van der Waals surface area contributed by atoms with Gasteiger partial charge >= 0.3 is 0 Å². The highest BCUT2D eigenvalue weighted by Crippen LogP contribution is 2.17. The van der Waals surface area contributed by atoms with Crippen molar-refractivity contribution in [2.24, 2.45) is 0 Å². The normalized spacial score (nSPS) is 11.8. The Morgan fingerprint density at radius 2 is 1.86 bits per heavy atom. The molecule has 0 aliphatic heterocycles. The molecule has 0 heterocycles. The third kappa shape index (κ3) is 4.32. The van der Waals surface area contributed by atoms with Crippen LogP contribution in [0.4, 0.5) is 4.39 Å². The van der Waals surface area contributed by atoms with Crippen molar-refractivity contribution >= 4 is 5.91 Å². The van der Waals surface area contributed by atoms with Crippen LogP contribution in [0.1, 0.15) is 30.5 Å². The van der Waals surface area contributed by atoms with E-state index in [1.54, 1.807) is 25.3 Å². The lowest BCUT2D eigenvalue weighted by atomic mass is 10.1. The fraction of sp³-hybridized carbons (Fsp3) is 0.278. The highest BCUT2D eigenvalue weighted by Gasteiger charge is 2.10. The van der Waals surface area contributed by atoms with Crippen LogP contribution in [-0.4, -0.2) is 13.0 Å². The first-order valence-electron chi connectivity index (χ1n) is 7.27. The van der Waals surface area contributed by atoms with Crippen LogP contribution in [0.25, 0.3) is 0 Å². The van der Waals surface area contributed by atoms with Crippen LogP contribution in [0.2, 0.25) is 0 Å². The Bertz CT molecular complexity index is 625. The van der Waals surface area contributed by atoms with Crippen LogP contribution < -0.4 is 10.1 Å². The number of halogens is 1. The molecular formula is C18H20FNO2. The number of carbonyl (C=O) groups is 1. The summed E-state index contributed by atoms with van der Waals surface area (Å²) >= 11 is 0. The summed E-state index contributed by atoms with van der Waals surface area (Å²) in [6.45, 7) is 1.92. The van der Waals surface area contributed by atoms with E-state index < -0.39 is 0 Å². The van der Waals surface area contributed by atoms with Crippen LogP contribution in [0.5, 0.6) is 5.75 Å². The molecule has 0 aromatic heterocycles. The van der Waals surface area contributed by atoms with Gasteiger partial charge in [0.2, 0.25) is 5.91 Å². The highest BCUT2D eigenvalue weighted by molar-refractivity contribution is 5.76. The fourth-order valence-corrected chi connectivity index (χ4v) is 2.24. The number of benzene rings is 2. The third-order valence-electron chi connectivity index (χ3n) is 3.57. The van der Waals surface area contributed by atoms with Crippen molar-refractivity contribution in [2.75, 3.05) is 7.11 Å². The van der Waals surface area contributed by atoms with Gasteiger partial charge < -0.3 is 10.1 Å². The molecule has 0 saturated carbocycles. The number of hydrogen-bond acceptors (Lipinski definition) is 2. The minimum atomic E-state index is -0.265. The second-order valence-corrected chi connectivity index (χ2v) is 5.15. The molecule has 0 bridgehead atoms. The second-order valence-electron chi connectivity index (χ2n) is 5.15. The monoisotopic (exact) mass is 301 g/mol. The maximum Gasteiger partial charge on any atom is 0.220 e. The molecule has 3 nitrogen and oxygen atoms in total. The number of nitrogens with one attached hydrogen (secondary N) is 1. The van der Waals surface area contributed by atoms with Crippen molar-refractivity contribution in [1.29, 1.82) is 0 Å². The average Bonchev–Trinajstić information content (AvgIpc) is 2.54. The molecule has 1 N–H and O–H groups in total. The van der Waals surface area contributed by atoms with Crippen molar-refractivity contribution in [3.63, 3.8) is 0 Å². The van der Waals surface area contributed by atoms with Gasteiger partial charge in [-0.3, -0.25) is 4.79 Å². The summed E-state index contributed by atoms with van der Waals surface area (Å²) in [7, 11) is 1.61. The van der Waals surface area contributed by atoms with Crippen molar-refractivity contribution in [2.45, 2.75) is 25.8 Å². The first-order chi connectivity index (χ1) is 10.6. The lowest BCUT2D eigenvalue weighted by Crippen LogP contribution is -2.26. The van der Waals surface area contributed by atoms with Gasteiger partial charge in [0, 0.05) is 6.42 Å². The fourth-order valence-electron chi connectivity index (χ4n) is 2.24. The van der Waals surface area contributed by atoms with Crippen LogP contribution in [0.15, 0.2) is 48.5 Å². The van der Waals surface area contributed by atoms with Gasteiger partial charge in [-0.25, -0.2) is 4.39 Å². The average molecular weight is 301 g/mol. The van der Waals surface area contributed by atoms with E-state index in [0.717, 1.165) is 11.3 Å². The number of ether oxygens (including phenoxy) is 1. The predicted octanol–water partition coefficient (Wildman–Crippen LogP) is 3.64. The lowest BCUT2D eigenvalue weighted by Gasteiger charge is -2.15. The Labute approximate surface area is 130 Å². The zero-order valence-corrected chi connectivity index (χ0v) is 12.8. The summed E-state index contributed by atoms with van der Waals surface area (Å²) in [4.78, 5) is 12.0. The number of methoxy groups -OCH3 is 1. The van der Waals surface area contributed by atoms with Crippen LogP contribution >= 0.6 is 0 Å². The molecular weight excluding hydrogens is 281 g/mol. The number of aryl methyl sites for hydroxylation is 1. The Morgan fingerprint density at radius 1 is 1.18 bits per heavy atom. The van der Waals surface area contributed by atoms with E-state index in [1.165, 1.54) is 6.07 Å². The van der Waals surface area contributed by atoms with Crippen molar-refractivity contribution in [1.82, 2.24) is 5.32 Å². The first kappa shape index (κ1) is 16.0. The molecule has 0 aliphatic carbocycles. The van der Waals surface area contributed by atoms with E-state index in [4.69, 9.17) is 4.74 Å². The summed E-state index contributed by atoms with van der Waals surface area (Å²) in [5, 5.41) is 2.92. The molecule has 0 unspecified atom stereocenters. The molecule has 2 rings (SSSR count). The van der Waals surface area contributed by atoms with Crippen LogP contribution in [-0.2, 0) is 11.2 Å². The highest BCUT2D eigenvalue weighted by atomic mass is 19.1. The third-order valence-corrected chi connectivity index (χ3v) is 3.57. The van der Waals surface area contributed by atoms with Gasteiger partial charge in [0.15, 0.2) is 0 Å². The number of hydrogen-bond donors (Lipinski definition) is 1. The van der Waals surface area contributed by atoms with Crippen LogP contribution in [0.3, 0.4) is 0 Å². The topological polar surface area (TPSA) is 38.3 Å². The quantitative estimate of drug-likeness (QED) is 0.884. The van der Waals surface area contributed by atoms with E-state index in [1.807, 2.05) is 31.2 Å². The van der Waals surface area contributed by atoms with Gasteiger partial charge in [-0.15, -0.1) is 0 Å². The maximum atomic E-state index is 13.5. The molecule has 2 aromatic carbocycles. The van der Waals surface area contributed by atoms with Gasteiger partial charge in [-0.05, 0) is 42.7 Å². The standard InChI is InChI=1S/C18H20FNO2/c1-13(14-7-10-16(22-2)11-8-14)20-18(21)12-9-15-5-3-4-6-17(15)19/h3-8,10-11,13H,9,12H2,1-2H3,(H,20,21)/t13-/m1/s1. The lowest BCUT2D eigenvalue weighted by molar-refractivity contribution is -0.121. The molecule has 0 saturated heterocycles. The van der Waals surface area contributed by atoms with Gasteiger partial charge in [-0.1, -0.05) is 30.3 Å². The number of rotatable bonds is 6. The molecule has 0 radical (unpaired) electrons. The Morgan fingerprint density at radius 3 is 2.50 bits per heavy atom. The Hall–Kier alpha value is -2.36. The van der Waals surface area contributed by atoms with Gasteiger partial charge in [0.25, 0.3) is 0 Å². The molecule has 0 fully saturated rings. The first-order valence-corrected chi connectivity index (χ1v) is 7.27. The summed E-state index contributed by atoms with van der Waals surface area (Å²) < 4.78 is 18.6. The molecule has 0 spiro atoms. The molecule has 22 heavy (non-hydrogen) atoms. The summed E-state index contributed by atoms with van der Waals surface area (Å²) in [5.74, 6) is 0.423. The zero-order valence-electron chi connectivity index (χ0n) is 12.8. The van der Waals surface area contributed by atoms with E-state index in [9.17, 15) is 9.18 Å². The molecule has 116 valence electrons. The largest absolute Gasteiger partial charge is 0.497 e.